The van der Waals surface area contributed by atoms with Crippen LogP contribution >= 0.6 is 0 Å². The zero-order chi connectivity index (χ0) is 32.9. The highest BCUT2D eigenvalue weighted by atomic mass is 16.3. The summed E-state index contributed by atoms with van der Waals surface area (Å²) in [4.78, 5) is 12.2. The summed E-state index contributed by atoms with van der Waals surface area (Å²) in [6, 6.07) is -0.696. The maximum atomic E-state index is 12.2. The van der Waals surface area contributed by atoms with Crippen LogP contribution < -0.4 is 5.32 Å². The molecule has 0 aromatic carbocycles. The quantitative estimate of drug-likeness (QED) is 0.0242. The average molecular weight is 634 g/mol. The van der Waals surface area contributed by atoms with Gasteiger partial charge in [0, 0.05) is 12.7 Å². The number of hydrogen-bond donors (Lipinski definition) is 4. The summed E-state index contributed by atoms with van der Waals surface area (Å²) < 4.78 is 0. The van der Waals surface area contributed by atoms with Crippen molar-refractivity contribution >= 4 is 5.91 Å². The minimum atomic E-state index is -0.890. The van der Waals surface area contributed by atoms with Crippen LogP contribution in [0.15, 0.2) is 36.5 Å². The Labute approximate surface area is 279 Å². The molecular weight excluding hydrogens is 558 g/mol. The Morgan fingerprint density at radius 1 is 0.556 bits per heavy atom. The van der Waals surface area contributed by atoms with Gasteiger partial charge in [0.1, 0.15) is 0 Å². The molecule has 0 fully saturated rings. The number of unbranched alkanes of at least 4 members (excludes halogenated alkanes) is 26. The number of hydrogen-bond acceptors (Lipinski definition) is 4. The smallest absolute Gasteiger partial charge is 0.244 e. The van der Waals surface area contributed by atoms with Crippen LogP contribution in [0, 0.1) is 0 Å². The lowest BCUT2D eigenvalue weighted by Crippen LogP contribution is -2.44. The first-order valence-corrected chi connectivity index (χ1v) is 19.4. The molecule has 0 saturated carbocycles. The molecule has 4 N–H and O–H groups in total. The minimum absolute atomic E-state index is 0.299. The summed E-state index contributed by atoms with van der Waals surface area (Å²) in [5.74, 6) is -0.300. The van der Waals surface area contributed by atoms with E-state index < -0.39 is 12.1 Å². The summed E-state index contributed by atoms with van der Waals surface area (Å²) in [6.45, 7) is 2.30. The van der Waals surface area contributed by atoms with Crippen molar-refractivity contribution < 1.29 is 20.1 Å². The Morgan fingerprint density at radius 3 is 1.38 bits per heavy atom. The third-order valence-electron chi connectivity index (χ3n) is 8.77. The molecule has 0 aliphatic rings. The van der Waals surface area contributed by atoms with Gasteiger partial charge < -0.3 is 20.6 Å². The van der Waals surface area contributed by atoms with Gasteiger partial charge in [0.25, 0.3) is 0 Å². The Morgan fingerprint density at radius 2 is 0.956 bits per heavy atom. The average Bonchev–Trinajstić information content (AvgIpc) is 3.04. The van der Waals surface area contributed by atoms with E-state index in [1.165, 1.54) is 160 Å². The maximum absolute atomic E-state index is 12.2. The molecule has 1 amide bonds. The Hall–Kier alpha value is -1.43. The van der Waals surface area contributed by atoms with Crippen molar-refractivity contribution in [2.24, 2.45) is 0 Å². The molecule has 0 radical (unpaired) electrons. The molecule has 5 heteroatoms. The number of allylic oxidation sites excluding steroid dienone is 4. The van der Waals surface area contributed by atoms with Crippen LogP contribution in [0.2, 0.25) is 0 Å². The topological polar surface area (TPSA) is 89.8 Å². The Bertz CT molecular complexity index is 690. The molecule has 0 aromatic heterocycles. The van der Waals surface area contributed by atoms with Gasteiger partial charge in [-0.05, 0) is 32.1 Å². The van der Waals surface area contributed by atoms with E-state index in [1.54, 1.807) is 12.2 Å². The van der Waals surface area contributed by atoms with Gasteiger partial charge in [-0.3, -0.25) is 4.79 Å². The zero-order valence-electron chi connectivity index (χ0n) is 29.6. The van der Waals surface area contributed by atoms with E-state index in [0.29, 0.717) is 6.61 Å². The molecule has 5 nitrogen and oxygen atoms in total. The molecule has 45 heavy (non-hydrogen) atoms. The van der Waals surface area contributed by atoms with Gasteiger partial charge in [-0.1, -0.05) is 185 Å². The van der Waals surface area contributed by atoms with Gasteiger partial charge >= 0.3 is 0 Å². The first-order valence-electron chi connectivity index (χ1n) is 19.4. The van der Waals surface area contributed by atoms with Crippen LogP contribution in [0.5, 0.6) is 0 Å². The summed E-state index contributed by atoms with van der Waals surface area (Å²) in [5.41, 5.74) is 0. The van der Waals surface area contributed by atoms with Crippen LogP contribution in [0.25, 0.3) is 0 Å². The van der Waals surface area contributed by atoms with Gasteiger partial charge in [-0.25, -0.2) is 0 Å². The lowest BCUT2D eigenvalue weighted by molar-refractivity contribution is -0.118. The van der Waals surface area contributed by atoms with Crippen molar-refractivity contribution in [3.05, 3.63) is 36.5 Å². The number of rotatable bonds is 35. The first-order chi connectivity index (χ1) is 22.2. The van der Waals surface area contributed by atoms with Crippen molar-refractivity contribution in [3.8, 4) is 0 Å². The summed E-state index contributed by atoms with van der Waals surface area (Å²) >= 11 is 0. The van der Waals surface area contributed by atoms with Crippen molar-refractivity contribution in [1.82, 2.24) is 5.32 Å². The third-order valence-corrected chi connectivity index (χ3v) is 8.77. The predicted octanol–water partition coefficient (Wildman–Crippen LogP) is 10.4. The number of carbonyl (C=O) groups excluding carboxylic acids is 1. The van der Waals surface area contributed by atoms with Crippen LogP contribution in [-0.4, -0.2) is 46.6 Å². The fourth-order valence-corrected chi connectivity index (χ4v) is 5.76. The molecule has 0 aliphatic carbocycles. The second-order valence-electron chi connectivity index (χ2n) is 13.1. The van der Waals surface area contributed by atoms with Gasteiger partial charge in [0.05, 0.1) is 18.8 Å². The van der Waals surface area contributed by atoms with E-state index in [0.717, 1.165) is 25.7 Å². The van der Waals surface area contributed by atoms with Crippen molar-refractivity contribution in [2.45, 2.75) is 199 Å². The lowest BCUT2D eigenvalue weighted by Gasteiger charge is -2.18. The summed E-state index contributed by atoms with van der Waals surface area (Å²) in [7, 11) is 0. The third kappa shape index (κ3) is 33.7. The Balaban J connectivity index is 3.68. The second-order valence-corrected chi connectivity index (χ2v) is 13.1. The fraction of sp³-hybridized carbons (Fsp3) is 0.825. The van der Waals surface area contributed by atoms with Crippen molar-refractivity contribution in [1.29, 1.82) is 0 Å². The largest absolute Gasteiger partial charge is 0.396 e. The molecule has 0 bridgehead atoms. The molecule has 0 saturated heterocycles. The zero-order valence-corrected chi connectivity index (χ0v) is 29.6. The summed E-state index contributed by atoms with van der Waals surface area (Å²) in [5, 5.41) is 31.5. The van der Waals surface area contributed by atoms with Gasteiger partial charge in [0.2, 0.25) is 5.91 Å². The van der Waals surface area contributed by atoms with Crippen LogP contribution in [0.3, 0.4) is 0 Å². The normalized spacial score (nSPS) is 13.4. The van der Waals surface area contributed by atoms with Crippen molar-refractivity contribution in [3.63, 3.8) is 0 Å². The monoisotopic (exact) mass is 634 g/mol. The predicted molar refractivity (Wildman–Crippen MR) is 194 cm³/mol. The van der Waals surface area contributed by atoms with Crippen LogP contribution in [0.1, 0.15) is 187 Å². The van der Waals surface area contributed by atoms with Gasteiger partial charge in [0.15, 0.2) is 0 Å². The first kappa shape index (κ1) is 43.6. The number of amides is 1. The van der Waals surface area contributed by atoms with E-state index >= 15 is 0 Å². The highest BCUT2D eigenvalue weighted by Crippen LogP contribution is 2.14. The standard InChI is InChI=1S/C40H75NO4/c1-2-3-4-5-6-7-8-16-19-22-25-28-31-34-39(44)38(37-43)41-40(45)35-32-29-26-23-20-17-14-12-10-9-11-13-15-18-21-24-27-30-33-36-42/h26,29,31-32,34-35,38-39,42-44H,2-25,27-28,30,33,36-37H2,1H3,(H,41,45). The molecular formula is C40H75NO4. The number of aliphatic hydroxyl groups excluding tert-OH is 3. The highest BCUT2D eigenvalue weighted by Gasteiger charge is 2.16. The van der Waals surface area contributed by atoms with Crippen LogP contribution in [-0.2, 0) is 4.79 Å². The number of nitrogens with one attached hydrogen (secondary N) is 1. The van der Waals surface area contributed by atoms with E-state index in [-0.39, 0.29) is 12.5 Å². The number of aliphatic hydroxyl groups is 3. The minimum Gasteiger partial charge on any atom is -0.396 e. The van der Waals surface area contributed by atoms with Gasteiger partial charge in [-0.15, -0.1) is 0 Å². The SMILES string of the molecule is CCCCCCCCCCCCCC=CC(O)C(CO)NC(=O)C=CC=CCCCCCCCCCCCCCCCCCO. The van der Waals surface area contributed by atoms with E-state index in [1.807, 2.05) is 12.2 Å². The second kappa shape index (κ2) is 37.0. The fourth-order valence-electron chi connectivity index (χ4n) is 5.76. The molecule has 0 aliphatic heterocycles. The van der Waals surface area contributed by atoms with Crippen LogP contribution in [0.4, 0.5) is 0 Å². The molecule has 0 rings (SSSR count). The molecule has 2 unspecified atom stereocenters. The molecule has 264 valence electrons. The molecule has 0 spiro atoms. The molecule has 0 heterocycles. The van der Waals surface area contributed by atoms with E-state index in [4.69, 9.17) is 5.11 Å². The molecule has 2 atom stereocenters. The van der Waals surface area contributed by atoms with E-state index in [2.05, 4.69) is 18.3 Å². The molecule has 0 aromatic rings. The highest BCUT2D eigenvalue weighted by molar-refractivity contribution is 5.88. The van der Waals surface area contributed by atoms with E-state index in [9.17, 15) is 15.0 Å². The maximum Gasteiger partial charge on any atom is 0.244 e. The summed E-state index contributed by atoms with van der Waals surface area (Å²) in [6.07, 6.45) is 45.8. The number of carbonyl (C=O) groups is 1. The van der Waals surface area contributed by atoms with Gasteiger partial charge in [-0.2, -0.15) is 0 Å². The Kier molecular flexibility index (Phi) is 35.9. The lowest BCUT2D eigenvalue weighted by atomic mass is 10.0. The van der Waals surface area contributed by atoms with Crippen molar-refractivity contribution in [2.75, 3.05) is 13.2 Å².